The van der Waals surface area contributed by atoms with E-state index in [2.05, 4.69) is 5.32 Å². The van der Waals surface area contributed by atoms with Crippen LogP contribution in [-0.2, 0) is 14.6 Å². The van der Waals surface area contributed by atoms with Gasteiger partial charge in [0.05, 0.1) is 18.6 Å². The second-order valence-corrected chi connectivity index (χ2v) is 7.87. The van der Waals surface area contributed by atoms with Gasteiger partial charge in [0.15, 0.2) is 9.84 Å². The minimum Gasteiger partial charge on any atom is -0.497 e. The number of sulfone groups is 1. The molecule has 1 N–H and O–H groups in total. The molecule has 1 fully saturated rings. The van der Waals surface area contributed by atoms with E-state index in [0.29, 0.717) is 25.9 Å². The third-order valence-electron chi connectivity index (χ3n) is 4.05. The molecule has 1 unspecified atom stereocenters. The fourth-order valence-electron chi connectivity index (χ4n) is 2.85. The number of amides is 1. The Labute approximate surface area is 137 Å². The van der Waals surface area contributed by atoms with E-state index in [1.54, 1.807) is 12.0 Å². The van der Waals surface area contributed by atoms with E-state index >= 15 is 0 Å². The normalized spacial score (nSPS) is 19.3. The summed E-state index contributed by atoms with van der Waals surface area (Å²) in [6.45, 7) is 2.93. The van der Waals surface area contributed by atoms with E-state index in [1.165, 1.54) is 0 Å². The Morgan fingerprint density at radius 3 is 2.83 bits per heavy atom. The van der Waals surface area contributed by atoms with Crippen molar-refractivity contribution in [2.45, 2.75) is 25.8 Å². The molecule has 23 heavy (non-hydrogen) atoms. The highest BCUT2D eigenvalue weighted by Gasteiger charge is 2.33. The number of hydrogen-bond donors (Lipinski definition) is 1. The lowest BCUT2D eigenvalue weighted by Crippen LogP contribution is -2.41. The molecule has 128 valence electrons. The summed E-state index contributed by atoms with van der Waals surface area (Å²) in [6.07, 6.45) is 0.882. The molecule has 0 saturated carbocycles. The summed E-state index contributed by atoms with van der Waals surface area (Å²) in [5.41, 5.74) is 0.892. The molecule has 0 radical (unpaired) electrons. The van der Waals surface area contributed by atoms with Gasteiger partial charge in [0.25, 0.3) is 0 Å². The Kier molecular flexibility index (Phi) is 5.87. The molecular formula is C16H24N2O4S. The highest BCUT2D eigenvalue weighted by Crippen LogP contribution is 2.19. The van der Waals surface area contributed by atoms with Gasteiger partial charge in [-0.15, -0.1) is 0 Å². The number of anilines is 1. The maximum Gasteiger partial charge on any atom is 0.224 e. The number of hydrogen-bond acceptors (Lipinski definition) is 5. The van der Waals surface area contributed by atoms with Crippen molar-refractivity contribution in [1.82, 2.24) is 4.90 Å². The zero-order chi connectivity index (χ0) is 16.9. The van der Waals surface area contributed by atoms with Crippen molar-refractivity contribution in [1.29, 1.82) is 0 Å². The molecular weight excluding hydrogens is 316 g/mol. The van der Waals surface area contributed by atoms with Gasteiger partial charge in [0, 0.05) is 37.3 Å². The fourth-order valence-corrected chi connectivity index (χ4v) is 4.58. The minimum atomic E-state index is -2.98. The largest absolute Gasteiger partial charge is 0.497 e. The smallest absolute Gasteiger partial charge is 0.224 e. The predicted molar refractivity (Wildman–Crippen MR) is 90.5 cm³/mol. The Bertz CT molecular complexity index is 645. The summed E-state index contributed by atoms with van der Waals surface area (Å²) >= 11 is 0. The fraction of sp³-hybridized carbons (Fsp3) is 0.562. The van der Waals surface area contributed by atoms with Crippen LogP contribution in [0.5, 0.6) is 5.75 Å². The number of carbonyl (C=O) groups excluding carboxylic acids is 1. The Hall–Kier alpha value is -1.76. The van der Waals surface area contributed by atoms with E-state index < -0.39 is 9.84 Å². The summed E-state index contributed by atoms with van der Waals surface area (Å²) in [6, 6.07) is 7.34. The first-order chi connectivity index (χ1) is 10.9. The highest BCUT2D eigenvalue weighted by molar-refractivity contribution is 7.91. The summed E-state index contributed by atoms with van der Waals surface area (Å²) in [5.74, 6) is 1.03. The van der Waals surface area contributed by atoms with Crippen molar-refractivity contribution in [3.8, 4) is 5.75 Å². The molecule has 1 amide bonds. The van der Waals surface area contributed by atoms with Crippen molar-refractivity contribution >= 4 is 21.4 Å². The molecule has 1 aliphatic rings. The Morgan fingerprint density at radius 2 is 2.22 bits per heavy atom. The highest BCUT2D eigenvalue weighted by atomic mass is 32.2. The minimum absolute atomic E-state index is 0.00926. The van der Waals surface area contributed by atoms with Gasteiger partial charge < -0.3 is 15.0 Å². The summed E-state index contributed by atoms with van der Waals surface area (Å²) in [5, 5.41) is 3.19. The molecule has 1 aromatic carbocycles. The van der Waals surface area contributed by atoms with Gasteiger partial charge in [-0.1, -0.05) is 6.07 Å². The number of nitrogens with one attached hydrogen (secondary N) is 1. The molecule has 6 nitrogen and oxygen atoms in total. The zero-order valence-electron chi connectivity index (χ0n) is 13.6. The molecule has 1 saturated heterocycles. The van der Waals surface area contributed by atoms with Crippen LogP contribution in [0.1, 0.15) is 19.8 Å². The second kappa shape index (κ2) is 7.68. The Balaban J connectivity index is 1.85. The molecule has 0 bridgehead atoms. The number of methoxy groups -OCH3 is 1. The van der Waals surface area contributed by atoms with E-state index in [1.807, 2.05) is 31.2 Å². The third-order valence-corrected chi connectivity index (χ3v) is 5.80. The SMILES string of the molecule is CCN(C(=O)CCNc1cccc(OC)c1)C1CCS(=O)(=O)C1. The molecule has 0 aliphatic carbocycles. The maximum atomic E-state index is 12.4. The molecule has 1 aromatic rings. The van der Waals surface area contributed by atoms with Gasteiger partial charge in [0.1, 0.15) is 5.75 Å². The Morgan fingerprint density at radius 1 is 1.43 bits per heavy atom. The lowest BCUT2D eigenvalue weighted by atomic mass is 10.2. The summed E-state index contributed by atoms with van der Waals surface area (Å²) in [7, 11) is -1.37. The maximum absolute atomic E-state index is 12.4. The number of nitrogens with zero attached hydrogens (tertiary/aromatic N) is 1. The molecule has 1 atom stereocenters. The van der Waals surface area contributed by atoms with Crippen LogP contribution in [0.25, 0.3) is 0 Å². The first-order valence-corrected chi connectivity index (χ1v) is 9.65. The van der Waals surface area contributed by atoms with Crippen LogP contribution in [0.3, 0.4) is 0 Å². The topological polar surface area (TPSA) is 75.7 Å². The van der Waals surface area contributed by atoms with E-state index in [9.17, 15) is 13.2 Å². The average molecular weight is 340 g/mol. The number of ether oxygens (including phenoxy) is 1. The van der Waals surface area contributed by atoms with E-state index in [-0.39, 0.29) is 23.5 Å². The molecule has 2 rings (SSSR count). The summed E-state index contributed by atoms with van der Waals surface area (Å²) in [4.78, 5) is 14.0. The van der Waals surface area contributed by atoms with Crippen LogP contribution < -0.4 is 10.1 Å². The van der Waals surface area contributed by atoms with Crippen LogP contribution >= 0.6 is 0 Å². The lowest BCUT2D eigenvalue weighted by Gasteiger charge is -2.27. The first-order valence-electron chi connectivity index (χ1n) is 7.83. The van der Waals surface area contributed by atoms with Crippen LogP contribution in [0, 0.1) is 0 Å². The van der Waals surface area contributed by atoms with Crippen LogP contribution in [0.4, 0.5) is 5.69 Å². The van der Waals surface area contributed by atoms with Crippen molar-refractivity contribution < 1.29 is 17.9 Å². The summed E-state index contributed by atoms with van der Waals surface area (Å²) < 4.78 is 28.3. The molecule has 1 heterocycles. The van der Waals surface area contributed by atoms with E-state index in [4.69, 9.17) is 4.74 Å². The van der Waals surface area contributed by atoms with Gasteiger partial charge >= 0.3 is 0 Å². The van der Waals surface area contributed by atoms with Crippen LogP contribution in [0.15, 0.2) is 24.3 Å². The molecule has 7 heteroatoms. The van der Waals surface area contributed by atoms with Crippen molar-refractivity contribution in [2.75, 3.05) is 37.0 Å². The molecule has 0 spiro atoms. The molecule has 0 aromatic heterocycles. The van der Waals surface area contributed by atoms with Crippen molar-refractivity contribution in [3.63, 3.8) is 0 Å². The van der Waals surface area contributed by atoms with E-state index in [0.717, 1.165) is 11.4 Å². The number of benzene rings is 1. The first kappa shape index (κ1) is 17.6. The van der Waals surface area contributed by atoms with Gasteiger partial charge in [0.2, 0.25) is 5.91 Å². The quantitative estimate of drug-likeness (QED) is 0.815. The molecule has 1 aliphatic heterocycles. The predicted octanol–water partition coefficient (Wildman–Crippen LogP) is 1.53. The van der Waals surface area contributed by atoms with Crippen LogP contribution in [0.2, 0.25) is 0 Å². The van der Waals surface area contributed by atoms with Gasteiger partial charge in [-0.05, 0) is 25.5 Å². The standard InChI is InChI=1S/C16H24N2O4S/c1-3-18(14-8-10-23(20,21)12-14)16(19)7-9-17-13-5-4-6-15(11-13)22-2/h4-6,11,14,17H,3,7-10,12H2,1-2H3. The van der Waals surface area contributed by atoms with Gasteiger partial charge in [-0.2, -0.15) is 0 Å². The number of carbonyl (C=O) groups is 1. The average Bonchev–Trinajstić information content (AvgIpc) is 2.88. The lowest BCUT2D eigenvalue weighted by molar-refractivity contribution is -0.132. The third kappa shape index (κ3) is 4.86. The van der Waals surface area contributed by atoms with Gasteiger partial charge in [-0.3, -0.25) is 4.79 Å². The van der Waals surface area contributed by atoms with Crippen molar-refractivity contribution in [2.24, 2.45) is 0 Å². The monoisotopic (exact) mass is 340 g/mol. The van der Waals surface area contributed by atoms with Gasteiger partial charge in [-0.25, -0.2) is 8.42 Å². The van der Waals surface area contributed by atoms with Crippen LogP contribution in [-0.4, -0.2) is 57.0 Å². The number of rotatable bonds is 7. The zero-order valence-corrected chi connectivity index (χ0v) is 14.4. The second-order valence-electron chi connectivity index (χ2n) is 5.65. The van der Waals surface area contributed by atoms with Crippen molar-refractivity contribution in [3.05, 3.63) is 24.3 Å².